The third-order valence-electron chi connectivity index (χ3n) is 1.14. The van der Waals surface area contributed by atoms with Crippen LogP contribution in [0.3, 0.4) is 0 Å². The Labute approximate surface area is 72.1 Å². The van der Waals surface area contributed by atoms with Crippen LogP contribution < -0.4 is 0 Å². The van der Waals surface area contributed by atoms with Gasteiger partial charge in [-0.15, -0.1) is 0 Å². The van der Waals surface area contributed by atoms with Crippen LogP contribution in [-0.2, 0) is 9.59 Å². The van der Waals surface area contributed by atoms with Crippen molar-refractivity contribution >= 4 is 12.6 Å². The van der Waals surface area contributed by atoms with Gasteiger partial charge in [0.25, 0.3) is 0 Å². The topological polar surface area (TPSA) is 58.9 Å². The van der Waals surface area contributed by atoms with Gasteiger partial charge >= 0.3 is 0 Å². The van der Waals surface area contributed by atoms with Crippen LogP contribution in [0.25, 0.3) is 0 Å². The van der Waals surface area contributed by atoms with Gasteiger partial charge in [0.15, 0.2) is 0 Å². The summed E-state index contributed by atoms with van der Waals surface area (Å²) in [5.41, 5.74) is -1.67. The summed E-state index contributed by atoms with van der Waals surface area (Å²) in [4.78, 5) is 20.8. The summed E-state index contributed by atoms with van der Waals surface area (Å²) in [5.74, 6) is 0. The molecule has 0 aromatic rings. The van der Waals surface area contributed by atoms with Crippen molar-refractivity contribution in [3.63, 3.8) is 0 Å². The van der Waals surface area contributed by atoms with Gasteiger partial charge in [-0.1, -0.05) is 0 Å². The molecule has 0 unspecified atom stereocenters. The SMILES string of the molecule is CC(C)(C=O)N=NC(C)(C)C=O. The van der Waals surface area contributed by atoms with Crippen molar-refractivity contribution in [3.05, 3.63) is 0 Å². The average molecular weight is 170 g/mol. The van der Waals surface area contributed by atoms with Crippen LogP contribution in [0.4, 0.5) is 0 Å². The van der Waals surface area contributed by atoms with Crippen molar-refractivity contribution in [2.45, 2.75) is 38.8 Å². The normalized spacial score (nSPS) is 13.3. The molecule has 0 atom stereocenters. The molecule has 4 nitrogen and oxygen atoms in total. The molecule has 0 fully saturated rings. The van der Waals surface area contributed by atoms with Crippen molar-refractivity contribution in [2.24, 2.45) is 10.2 Å². The Morgan fingerprint density at radius 3 is 1.25 bits per heavy atom. The molecular weight excluding hydrogens is 156 g/mol. The first-order chi connectivity index (χ1) is 5.33. The van der Waals surface area contributed by atoms with Gasteiger partial charge < -0.3 is 9.59 Å². The Balaban J connectivity index is 4.43. The van der Waals surface area contributed by atoms with Crippen LogP contribution in [0.1, 0.15) is 27.7 Å². The Morgan fingerprint density at radius 2 is 1.08 bits per heavy atom. The zero-order valence-corrected chi connectivity index (χ0v) is 7.87. The Kier molecular flexibility index (Phi) is 3.24. The maximum Gasteiger partial charge on any atom is 0.148 e. The molecule has 12 heavy (non-hydrogen) atoms. The van der Waals surface area contributed by atoms with Crippen LogP contribution in [0, 0.1) is 0 Å². The van der Waals surface area contributed by atoms with E-state index in [9.17, 15) is 9.59 Å². The van der Waals surface area contributed by atoms with Crippen LogP contribution in [0.2, 0.25) is 0 Å². The summed E-state index contributed by atoms with van der Waals surface area (Å²) in [6.07, 6.45) is 1.38. The van der Waals surface area contributed by atoms with Crippen molar-refractivity contribution < 1.29 is 9.59 Å². The zero-order valence-electron chi connectivity index (χ0n) is 7.87. The maximum absolute atomic E-state index is 10.4. The van der Waals surface area contributed by atoms with Gasteiger partial charge in [-0.25, -0.2) is 0 Å². The molecule has 0 aliphatic heterocycles. The highest BCUT2D eigenvalue weighted by Gasteiger charge is 2.19. The summed E-state index contributed by atoms with van der Waals surface area (Å²) in [6, 6.07) is 0. The fourth-order valence-electron chi connectivity index (χ4n) is 0.305. The van der Waals surface area contributed by atoms with E-state index < -0.39 is 11.1 Å². The highest BCUT2D eigenvalue weighted by Crippen LogP contribution is 2.11. The standard InChI is InChI=1S/C8H14N2O2/c1-7(2,5-11)9-10-8(3,4)6-12/h5-6H,1-4H3. The quantitative estimate of drug-likeness (QED) is 0.473. The minimum Gasteiger partial charge on any atom is -0.301 e. The van der Waals surface area contributed by atoms with Gasteiger partial charge in [0.2, 0.25) is 0 Å². The van der Waals surface area contributed by atoms with Crippen LogP contribution >= 0.6 is 0 Å². The number of carbonyl (C=O) groups excluding carboxylic acids is 2. The molecule has 0 aromatic heterocycles. The molecule has 0 bridgehead atoms. The molecule has 0 spiro atoms. The van der Waals surface area contributed by atoms with Crippen LogP contribution in [0.5, 0.6) is 0 Å². The van der Waals surface area contributed by atoms with E-state index in [2.05, 4.69) is 10.2 Å². The van der Waals surface area contributed by atoms with Crippen molar-refractivity contribution in [1.29, 1.82) is 0 Å². The van der Waals surface area contributed by atoms with E-state index in [-0.39, 0.29) is 0 Å². The van der Waals surface area contributed by atoms with Crippen molar-refractivity contribution in [1.82, 2.24) is 0 Å². The van der Waals surface area contributed by atoms with E-state index in [0.29, 0.717) is 12.6 Å². The minimum atomic E-state index is -0.833. The summed E-state index contributed by atoms with van der Waals surface area (Å²) in [7, 11) is 0. The maximum atomic E-state index is 10.4. The van der Waals surface area contributed by atoms with Gasteiger partial charge in [-0.3, -0.25) is 0 Å². The van der Waals surface area contributed by atoms with Gasteiger partial charge in [-0.05, 0) is 27.7 Å². The van der Waals surface area contributed by atoms with Gasteiger partial charge in [0.05, 0.1) is 0 Å². The molecule has 0 saturated heterocycles. The fraction of sp³-hybridized carbons (Fsp3) is 0.750. The van der Waals surface area contributed by atoms with Crippen molar-refractivity contribution in [2.75, 3.05) is 0 Å². The fourth-order valence-corrected chi connectivity index (χ4v) is 0.305. The number of rotatable bonds is 4. The first-order valence-electron chi connectivity index (χ1n) is 3.70. The van der Waals surface area contributed by atoms with E-state index in [4.69, 9.17) is 0 Å². The highest BCUT2D eigenvalue weighted by atomic mass is 16.1. The third kappa shape index (κ3) is 3.95. The smallest absolute Gasteiger partial charge is 0.148 e. The molecule has 0 heterocycles. The summed E-state index contributed by atoms with van der Waals surface area (Å²) in [6.45, 7) is 6.52. The van der Waals surface area contributed by atoms with Gasteiger partial charge in [-0.2, -0.15) is 10.2 Å². The van der Waals surface area contributed by atoms with E-state index in [1.165, 1.54) is 0 Å². The predicted molar refractivity (Wildman–Crippen MR) is 45.1 cm³/mol. The number of hydrogen-bond donors (Lipinski definition) is 0. The Bertz CT molecular complexity index is 185. The lowest BCUT2D eigenvalue weighted by molar-refractivity contribution is -0.113. The molecule has 0 radical (unpaired) electrons. The zero-order chi connectivity index (χ0) is 9.83. The average Bonchev–Trinajstić information content (AvgIpc) is 2.02. The monoisotopic (exact) mass is 170 g/mol. The predicted octanol–water partition coefficient (Wildman–Crippen LogP) is 1.39. The van der Waals surface area contributed by atoms with Gasteiger partial charge in [0, 0.05) is 0 Å². The molecule has 4 heteroatoms. The summed E-state index contributed by atoms with van der Waals surface area (Å²) >= 11 is 0. The second-order valence-corrected chi connectivity index (χ2v) is 3.74. The molecule has 68 valence electrons. The van der Waals surface area contributed by atoms with E-state index >= 15 is 0 Å². The highest BCUT2D eigenvalue weighted by molar-refractivity contribution is 5.64. The molecule has 0 aliphatic carbocycles. The molecule has 0 saturated carbocycles. The molecule has 0 rings (SSSR count). The first-order valence-corrected chi connectivity index (χ1v) is 3.70. The lowest BCUT2D eigenvalue weighted by Gasteiger charge is -2.13. The van der Waals surface area contributed by atoms with Crippen LogP contribution in [-0.4, -0.2) is 23.7 Å². The second kappa shape index (κ2) is 3.56. The molecular formula is C8H14N2O2. The van der Waals surface area contributed by atoms with Gasteiger partial charge in [0.1, 0.15) is 23.7 Å². The Hall–Kier alpha value is -1.06. The van der Waals surface area contributed by atoms with Crippen molar-refractivity contribution in [3.8, 4) is 0 Å². The number of carbonyl (C=O) groups is 2. The lowest BCUT2D eigenvalue weighted by atomic mass is 10.1. The summed E-state index contributed by atoms with van der Waals surface area (Å²) < 4.78 is 0. The Morgan fingerprint density at radius 1 is 0.833 bits per heavy atom. The third-order valence-corrected chi connectivity index (χ3v) is 1.14. The molecule has 0 aromatic carbocycles. The largest absolute Gasteiger partial charge is 0.301 e. The molecule has 0 N–H and O–H groups in total. The van der Waals surface area contributed by atoms with E-state index in [0.717, 1.165) is 0 Å². The number of aldehydes is 2. The second-order valence-electron chi connectivity index (χ2n) is 3.74. The lowest BCUT2D eigenvalue weighted by Crippen LogP contribution is -2.22. The molecule has 0 amide bonds. The van der Waals surface area contributed by atoms with E-state index in [1.54, 1.807) is 27.7 Å². The van der Waals surface area contributed by atoms with E-state index in [1.807, 2.05) is 0 Å². The summed E-state index contributed by atoms with van der Waals surface area (Å²) in [5, 5.41) is 7.49. The van der Waals surface area contributed by atoms with Crippen LogP contribution in [0.15, 0.2) is 10.2 Å². The first kappa shape index (κ1) is 10.9. The molecule has 0 aliphatic rings. The minimum absolute atomic E-state index is 0.692. The number of nitrogens with zero attached hydrogens (tertiary/aromatic N) is 2. The number of hydrogen-bond acceptors (Lipinski definition) is 4. The number of azo groups is 1.